The van der Waals surface area contributed by atoms with E-state index < -0.39 is 5.97 Å². The van der Waals surface area contributed by atoms with Gasteiger partial charge in [0.1, 0.15) is 5.69 Å². The van der Waals surface area contributed by atoms with E-state index in [-0.39, 0.29) is 0 Å². The second-order valence-electron chi connectivity index (χ2n) is 7.09. The lowest BCUT2D eigenvalue weighted by Crippen LogP contribution is -2.55. The molecule has 1 saturated heterocycles. The summed E-state index contributed by atoms with van der Waals surface area (Å²) in [5.41, 5.74) is 2.83. The fourth-order valence-corrected chi connectivity index (χ4v) is 3.70. The Hall–Kier alpha value is -2.24. The highest BCUT2D eigenvalue weighted by Gasteiger charge is 2.29. The molecule has 0 N–H and O–H groups in total. The third-order valence-electron chi connectivity index (χ3n) is 5.01. The van der Waals surface area contributed by atoms with Crippen LogP contribution in [0.3, 0.4) is 0 Å². The van der Waals surface area contributed by atoms with Gasteiger partial charge in [-0.05, 0) is 31.0 Å². The summed E-state index contributed by atoms with van der Waals surface area (Å²) in [4.78, 5) is 20.7. The molecular formula is C21H27N3O2. The van der Waals surface area contributed by atoms with Crippen molar-refractivity contribution in [2.75, 3.05) is 20.2 Å². The monoisotopic (exact) mass is 353 g/mol. The minimum absolute atomic E-state index is 0.352. The summed E-state index contributed by atoms with van der Waals surface area (Å²) in [6, 6.07) is 15.3. The number of pyridine rings is 1. The molecule has 3 rings (SSSR count). The van der Waals surface area contributed by atoms with Crippen LogP contribution >= 0.6 is 0 Å². The lowest BCUT2D eigenvalue weighted by Gasteiger charge is -2.44. The normalized spacial score (nSPS) is 21.5. The van der Waals surface area contributed by atoms with E-state index in [1.807, 2.05) is 6.07 Å². The number of benzene rings is 1. The molecule has 5 nitrogen and oxygen atoms in total. The Morgan fingerprint density at radius 1 is 1.04 bits per heavy atom. The van der Waals surface area contributed by atoms with Gasteiger partial charge >= 0.3 is 5.97 Å². The van der Waals surface area contributed by atoms with Crippen molar-refractivity contribution in [2.45, 2.75) is 39.0 Å². The molecule has 1 aromatic heterocycles. The van der Waals surface area contributed by atoms with Crippen LogP contribution in [-0.2, 0) is 17.8 Å². The molecule has 0 amide bonds. The second kappa shape index (κ2) is 8.43. The fourth-order valence-electron chi connectivity index (χ4n) is 3.70. The van der Waals surface area contributed by atoms with E-state index >= 15 is 0 Å². The van der Waals surface area contributed by atoms with E-state index in [9.17, 15) is 4.79 Å². The van der Waals surface area contributed by atoms with Gasteiger partial charge in [-0.15, -0.1) is 0 Å². The second-order valence-corrected chi connectivity index (χ2v) is 7.09. The minimum Gasteiger partial charge on any atom is -0.464 e. The molecule has 1 aliphatic rings. The Kier molecular flexibility index (Phi) is 6.01. The first kappa shape index (κ1) is 18.5. The molecule has 0 spiro atoms. The zero-order valence-electron chi connectivity index (χ0n) is 15.8. The van der Waals surface area contributed by atoms with Crippen LogP contribution in [0.4, 0.5) is 0 Å². The highest BCUT2D eigenvalue weighted by molar-refractivity contribution is 5.86. The van der Waals surface area contributed by atoms with E-state index in [0.29, 0.717) is 17.8 Å². The quantitative estimate of drug-likeness (QED) is 0.774. The number of aromatic nitrogens is 1. The average Bonchev–Trinajstić information content (AvgIpc) is 2.65. The van der Waals surface area contributed by atoms with Crippen LogP contribution in [0.2, 0.25) is 0 Å². The van der Waals surface area contributed by atoms with Crippen LogP contribution in [0.25, 0.3) is 0 Å². The Bertz CT molecular complexity index is 706. The molecule has 2 heterocycles. The van der Waals surface area contributed by atoms with E-state index in [0.717, 1.165) is 31.7 Å². The molecule has 2 atom stereocenters. The molecule has 26 heavy (non-hydrogen) atoms. The van der Waals surface area contributed by atoms with Gasteiger partial charge < -0.3 is 4.74 Å². The smallest absolute Gasteiger partial charge is 0.356 e. The lowest BCUT2D eigenvalue weighted by molar-refractivity contribution is 0.0290. The SMILES string of the molecule is COC(=O)c1ccc(CN2C[C@@H](C)N(Cc3ccccc3)[C@@H](C)C2)cn1. The fraction of sp³-hybridized carbons (Fsp3) is 0.429. The number of piperazine rings is 1. The maximum atomic E-state index is 11.5. The first-order valence-corrected chi connectivity index (χ1v) is 9.12. The maximum absolute atomic E-state index is 11.5. The van der Waals surface area contributed by atoms with Crippen molar-refractivity contribution in [2.24, 2.45) is 0 Å². The van der Waals surface area contributed by atoms with Gasteiger partial charge in [-0.25, -0.2) is 9.78 Å². The van der Waals surface area contributed by atoms with Crippen molar-refractivity contribution in [3.63, 3.8) is 0 Å². The predicted molar refractivity (Wildman–Crippen MR) is 102 cm³/mol. The minimum atomic E-state index is -0.395. The zero-order valence-corrected chi connectivity index (χ0v) is 15.8. The average molecular weight is 353 g/mol. The lowest BCUT2D eigenvalue weighted by atomic mass is 10.1. The summed E-state index contributed by atoms with van der Waals surface area (Å²) in [6.07, 6.45) is 1.78. The van der Waals surface area contributed by atoms with Crippen LogP contribution in [0, 0.1) is 0 Å². The number of carbonyl (C=O) groups excluding carboxylic acids is 1. The Balaban J connectivity index is 1.59. The number of hydrogen-bond donors (Lipinski definition) is 0. The number of ether oxygens (including phenoxy) is 1. The number of methoxy groups -OCH3 is 1. The van der Waals surface area contributed by atoms with E-state index in [2.05, 4.69) is 59.0 Å². The summed E-state index contributed by atoms with van der Waals surface area (Å²) in [6.45, 7) is 8.48. The molecule has 2 aromatic rings. The van der Waals surface area contributed by atoms with Gasteiger partial charge in [0.2, 0.25) is 0 Å². The standard InChI is InChI=1S/C21H27N3O2/c1-16-12-23(14-19-9-10-20(22-11-19)21(25)26-3)13-17(2)24(16)15-18-7-5-4-6-8-18/h4-11,16-17H,12-15H2,1-3H3/t16-,17+. The van der Waals surface area contributed by atoms with Crippen molar-refractivity contribution < 1.29 is 9.53 Å². The number of carbonyl (C=O) groups is 1. The summed E-state index contributed by atoms with van der Waals surface area (Å²) in [5.74, 6) is -0.395. The van der Waals surface area contributed by atoms with Gasteiger partial charge in [0.05, 0.1) is 7.11 Å². The molecule has 5 heteroatoms. The van der Waals surface area contributed by atoms with Crippen molar-refractivity contribution in [3.8, 4) is 0 Å². The number of hydrogen-bond acceptors (Lipinski definition) is 5. The van der Waals surface area contributed by atoms with E-state index in [1.165, 1.54) is 12.7 Å². The van der Waals surface area contributed by atoms with Gasteiger partial charge in [0.15, 0.2) is 0 Å². The van der Waals surface area contributed by atoms with Crippen LogP contribution in [-0.4, -0.2) is 53.0 Å². The molecule has 138 valence electrons. The largest absolute Gasteiger partial charge is 0.464 e. The van der Waals surface area contributed by atoms with Crippen molar-refractivity contribution in [3.05, 3.63) is 65.5 Å². The topological polar surface area (TPSA) is 45.7 Å². The molecule has 0 bridgehead atoms. The Morgan fingerprint density at radius 2 is 1.73 bits per heavy atom. The summed E-state index contributed by atoms with van der Waals surface area (Å²) < 4.78 is 4.70. The molecule has 0 radical (unpaired) electrons. The van der Waals surface area contributed by atoms with Crippen molar-refractivity contribution in [1.29, 1.82) is 0 Å². The molecule has 0 unspecified atom stereocenters. The maximum Gasteiger partial charge on any atom is 0.356 e. The third-order valence-corrected chi connectivity index (χ3v) is 5.01. The molecule has 1 aliphatic heterocycles. The van der Waals surface area contributed by atoms with Gasteiger partial charge in [0, 0.05) is 44.5 Å². The van der Waals surface area contributed by atoms with Gasteiger partial charge in [-0.2, -0.15) is 0 Å². The van der Waals surface area contributed by atoms with Gasteiger partial charge in [0.25, 0.3) is 0 Å². The number of rotatable bonds is 5. The summed E-state index contributed by atoms with van der Waals surface area (Å²) in [7, 11) is 1.37. The molecule has 1 aromatic carbocycles. The first-order chi connectivity index (χ1) is 12.6. The Labute approximate surface area is 155 Å². The van der Waals surface area contributed by atoms with Gasteiger partial charge in [-0.3, -0.25) is 9.80 Å². The van der Waals surface area contributed by atoms with Crippen molar-refractivity contribution >= 4 is 5.97 Å². The number of nitrogens with zero attached hydrogens (tertiary/aromatic N) is 3. The predicted octanol–water partition coefficient (Wildman–Crippen LogP) is 2.96. The van der Waals surface area contributed by atoms with E-state index in [4.69, 9.17) is 4.74 Å². The highest BCUT2D eigenvalue weighted by Crippen LogP contribution is 2.20. The van der Waals surface area contributed by atoms with Crippen LogP contribution in [0.15, 0.2) is 48.7 Å². The Morgan fingerprint density at radius 3 is 2.31 bits per heavy atom. The molecule has 1 fully saturated rings. The van der Waals surface area contributed by atoms with E-state index in [1.54, 1.807) is 12.3 Å². The van der Waals surface area contributed by atoms with Crippen LogP contribution in [0.1, 0.15) is 35.5 Å². The summed E-state index contributed by atoms with van der Waals surface area (Å²) >= 11 is 0. The van der Waals surface area contributed by atoms with Crippen LogP contribution < -0.4 is 0 Å². The third kappa shape index (κ3) is 4.48. The van der Waals surface area contributed by atoms with Gasteiger partial charge in [-0.1, -0.05) is 36.4 Å². The van der Waals surface area contributed by atoms with Crippen molar-refractivity contribution in [1.82, 2.24) is 14.8 Å². The summed E-state index contributed by atoms with van der Waals surface area (Å²) in [5, 5.41) is 0. The molecule has 0 aliphatic carbocycles. The highest BCUT2D eigenvalue weighted by atomic mass is 16.5. The molecule has 0 saturated carbocycles. The zero-order chi connectivity index (χ0) is 18.5. The first-order valence-electron chi connectivity index (χ1n) is 9.12. The van der Waals surface area contributed by atoms with Crippen LogP contribution in [0.5, 0.6) is 0 Å². The molecular weight excluding hydrogens is 326 g/mol. The number of esters is 1.